The molecule has 0 aliphatic rings. The first-order valence-electron chi connectivity index (χ1n) is 10.6. The second kappa shape index (κ2) is 8.26. The lowest BCUT2D eigenvalue weighted by Crippen LogP contribution is -2.19. The number of benzene rings is 2. The lowest BCUT2D eigenvalue weighted by Gasteiger charge is -2.14. The predicted molar refractivity (Wildman–Crippen MR) is 131 cm³/mol. The molecule has 0 aliphatic carbocycles. The SMILES string of the molecule is COc1cccc(C(=O)c2oc3ccccc3c2NC(=O)c2cc3sccc3n2C(C)C)c1. The number of fused-ring (bicyclic) bond motifs is 2. The van der Waals surface area contributed by atoms with Gasteiger partial charge in [-0.2, -0.15) is 0 Å². The first-order valence-corrected chi connectivity index (χ1v) is 11.5. The molecule has 1 N–H and O–H groups in total. The van der Waals surface area contributed by atoms with Crippen LogP contribution < -0.4 is 10.1 Å². The summed E-state index contributed by atoms with van der Waals surface area (Å²) in [5, 5.41) is 5.66. The van der Waals surface area contributed by atoms with Gasteiger partial charge in [0.05, 0.1) is 23.0 Å². The summed E-state index contributed by atoms with van der Waals surface area (Å²) in [6.45, 7) is 4.08. The number of furan rings is 1. The summed E-state index contributed by atoms with van der Waals surface area (Å²) in [7, 11) is 1.55. The van der Waals surface area contributed by atoms with Gasteiger partial charge in [-0.15, -0.1) is 11.3 Å². The summed E-state index contributed by atoms with van der Waals surface area (Å²) >= 11 is 1.59. The standard InChI is InChI=1S/C26H22N2O4S/c1-15(2)28-19-11-12-33-22(19)14-20(28)26(30)27-23-18-9-4-5-10-21(18)32-25(23)24(29)16-7-6-8-17(13-16)31-3/h4-15H,1-3H3,(H,27,30). The Labute approximate surface area is 194 Å². The van der Waals surface area contributed by atoms with Gasteiger partial charge in [0.25, 0.3) is 5.91 Å². The van der Waals surface area contributed by atoms with E-state index < -0.39 is 0 Å². The maximum Gasteiger partial charge on any atom is 0.272 e. The van der Waals surface area contributed by atoms with Gasteiger partial charge in [0.2, 0.25) is 5.78 Å². The Balaban J connectivity index is 1.60. The van der Waals surface area contributed by atoms with Crippen LogP contribution in [0.5, 0.6) is 5.75 Å². The number of carbonyl (C=O) groups is 2. The van der Waals surface area contributed by atoms with Crippen molar-refractivity contribution in [1.29, 1.82) is 0 Å². The van der Waals surface area contributed by atoms with Crippen molar-refractivity contribution in [3.05, 3.63) is 83.1 Å². The number of amides is 1. The monoisotopic (exact) mass is 458 g/mol. The van der Waals surface area contributed by atoms with Crippen molar-refractivity contribution in [3.8, 4) is 5.75 Å². The Kier molecular flexibility index (Phi) is 5.26. The van der Waals surface area contributed by atoms with E-state index in [9.17, 15) is 9.59 Å². The van der Waals surface area contributed by atoms with Crippen LogP contribution >= 0.6 is 11.3 Å². The number of ether oxygens (including phenoxy) is 1. The number of nitrogens with zero attached hydrogens (tertiary/aromatic N) is 1. The quantitative estimate of drug-likeness (QED) is 0.294. The van der Waals surface area contributed by atoms with Crippen LogP contribution in [0.4, 0.5) is 5.69 Å². The van der Waals surface area contributed by atoms with E-state index >= 15 is 0 Å². The molecule has 1 amide bonds. The molecule has 0 saturated carbocycles. The van der Waals surface area contributed by atoms with Crippen molar-refractivity contribution in [3.63, 3.8) is 0 Å². The van der Waals surface area contributed by atoms with Gasteiger partial charge >= 0.3 is 0 Å². The molecule has 0 bridgehead atoms. The molecule has 0 aliphatic heterocycles. The molecule has 2 aromatic carbocycles. The molecule has 0 saturated heterocycles. The summed E-state index contributed by atoms with van der Waals surface area (Å²) in [6.07, 6.45) is 0. The summed E-state index contributed by atoms with van der Waals surface area (Å²) in [4.78, 5) is 26.9. The molecule has 166 valence electrons. The summed E-state index contributed by atoms with van der Waals surface area (Å²) in [5.41, 5.74) is 2.86. The van der Waals surface area contributed by atoms with Crippen LogP contribution in [0.3, 0.4) is 0 Å². The van der Waals surface area contributed by atoms with E-state index in [-0.39, 0.29) is 23.5 Å². The van der Waals surface area contributed by atoms with E-state index in [1.54, 1.807) is 48.8 Å². The highest BCUT2D eigenvalue weighted by Crippen LogP contribution is 2.34. The number of anilines is 1. The Bertz CT molecular complexity index is 1510. The van der Waals surface area contributed by atoms with Gasteiger partial charge in [-0.3, -0.25) is 9.59 Å². The third-order valence-electron chi connectivity index (χ3n) is 5.58. The number of carbonyl (C=O) groups excluding carboxylic acids is 2. The first-order chi connectivity index (χ1) is 16.0. The number of hydrogen-bond donors (Lipinski definition) is 1. The lowest BCUT2D eigenvalue weighted by atomic mass is 10.1. The number of ketones is 1. The molecule has 0 fully saturated rings. The molecule has 33 heavy (non-hydrogen) atoms. The minimum absolute atomic E-state index is 0.0854. The van der Waals surface area contributed by atoms with Crippen molar-refractivity contribution in [2.24, 2.45) is 0 Å². The van der Waals surface area contributed by atoms with Crippen LogP contribution in [0.15, 0.2) is 70.5 Å². The van der Waals surface area contributed by atoms with Gasteiger partial charge in [0.15, 0.2) is 5.76 Å². The van der Waals surface area contributed by atoms with E-state index in [1.165, 1.54) is 0 Å². The zero-order valence-electron chi connectivity index (χ0n) is 18.4. The van der Waals surface area contributed by atoms with Crippen LogP contribution in [0.1, 0.15) is 46.5 Å². The average Bonchev–Trinajstić information content (AvgIpc) is 3.51. The van der Waals surface area contributed by atoms with Crippen molar-refractivity contribution >= 4 is 49.9 Å². The molecule has 3 aromatic heterocycles. The van der Waals surface area contributed by atoms with Crippen molar-refractivity contribution in [2.45, 2.75) is 19.9 Å². The predicted octanol–water partition coefficient (Wildman–Crippen LogP) is 6.52. The average molecular weight is 459 g/mol. The van der Waals surface area contributed by atoms with Crippen LogP contribution in [0.2, 0.25) is 0 Å². The maximum absolute atomic E-state index is 13.5. The second-order valence-corrected chi connectivity index (χ2v) is 8.93. The molecule has 0 spiro atoms. The molecule has 5 rings (SSSR count). The van der Waals surface area contributed by atoms with Crippen LogP contribution in [-0.2, 0) is 0 Å². The molecule has 0 atom stereocenters. The summed E-state index contributed by atoms with van der Waals surface area (Å²) < 4.78 is 14.2. The Morgan fingerprint density at radius 2 is 1.88 bits per heavy atom. The van der Waals surface area contributed by atoms with E-state index in [0.717, 1.165) is 10.2 Å². The number of rotatable bonds is 6. The topological polar surface area (TPSA) is 73.5 Å². The minimum atomic E-state index is -0.333. The molecule has 7 heteroatoms. The molecule has 0 radical (unpaired) electrons. The zero-order valence-corrected chi connectivity index (χ0v) is 19.2. The van der Waals surface area contributed by atoms with E-state index in [0.29, 0.717) is 33.7 Å². The third kappa shape index (κ3) is 3.60. The first kappa shape index (κ1) is 21.0. The maximum atomic E-state index is 13.5. The highest BCUT2D eigenvalue weighted by atomic mass is 32.1. The molecule has 3 heterocycles. The fourth-order valence-corrected chi connectivity index (χ4v) is 4.89. The summed E-state index contributed by atoms with van der Waals surface area (Å²) in [6, 6.07) is 18.1. The van der Waals surface area contributed by atoms with Gasteiger partial charge in [-0.1, -0.05) is 24.3 Å². The second-order valence-electron chi connectivity index (χ2n) is 7.98. The molecule has 0 unspecified atom stereocenters. The highest BCUT2D eigenvalue weighted by molar-refractivity contribution is 7.17. The van der Waals surface area contributed by atoms with Gasteiger partial charge in [-0.05, 0) is 55.6 Å². The van der Waals surface area contributed by atoms with E-state index in [2.05, 4.69) is 5.32 Å². The van der Waals surface area contributed by atoms with Crippen molar-refractivity contribution in [2.75, 3.05) is 12.4 Å². The molecule has 5 aromatic rings. The number of nitrogens with one attached hydrogen (secondary N) is 1. The number of methoxy groups -OCH3 is 1. The van der Waals surface area contributed by atoms with Crippen molar-refractivity contribution in [1.82, 2.24) is 4.57 Å². The van der Waals surface area contributed by atoms with Crippen LogP contribution in [0, 0.1) is 0 Å². The molecular weight excluding hydrogens is 436 g/mol. The summed E-state index contributed by atoms with van der Waals surface area (Å²) in [5.74, 6) is 0.0265. The zero-order chi connectivity index (χ0) is 23.1. The molecule has 6 nitrogen and oxygen atoms in total. The van der Waals surface area contributed by atoms with Crippen molar-refractivity contribution < 1.29 is 18.7 Å². The minimum Gasteiger partial charge on any atom is -0.497 e. The number of aromatic nitrogens is 1. The Morgan fingerprint density at radius 1 is 1.06 bits per heavy atom. The third-order valence-corrected chi connectivity index (χ3v) is 6.43. The normalized spacial score (nSPS) is 11.4. The van der Waals surface area contributed by atoms with Gasteiger partial charge < -0.3 is 19.0 Å². The highest BCUT2D eigenvalue weighted by Gasteiger charge is 2.26. The van der Waals surface area contributed by atoms with Gasteiger partial charge in [0.1, 0.15) is 17.0 Å². The fraction of sp³-hybridized carbons (Fsp3) is 0.154. The van der Waals surface area contributed by atoms with E-state index in [1.807, 2.05) is 54.1 Å². The van der Waals surface area contributed by atoms with Crippen LogP contribution in [0.25, 0.3) is 21.2 Å². The number of para-hydroxylation sites is 1. The Morgan fingerprint density at radius 3 is 2.67 bits per heavy atom. The lowest BCUT2D eigenvalue weighted by molar-refractivity contribution is 0.101. The van der Waals surface area contributed by atoms with Gasteiger partial charge in [0, 0.05) is 17.0 Å². The fourth-order valence-electron chi connectivity index (χ4n) is 4.08. The van der Waals surface area contributed by atoms with Crippen LogP contribution in [-0.4, -0.2) is 23.4 Å². The Hall–Kier alpha value is -3.84. The smallest absolute Gasteiger partial charge is 0.272 e. The number of thiophene rings is 1. The van der Waals surface area contributed by atoms with Gasteiger partial charge in [-0.25, -0.2) is 0 Å². The van der Waals surface area contributed by atoms with E-state index in [4.69, 9.17) is 9.15 Å². The largest absolute Gasteiger partial charge is 0.497 e. The number of hydrogen-bond acceptors (Lipinski definition) is 5. The molecular formula is C26H22N2O4S.